The molecule has 0 bridgehead atoms. The number of aliphatic hydroxyl groups is 1. The molecule has 5 N–H and O–H groups in total. The van der Waals surface area contributed by atoms with Crippen LogP contribution in [0, 0.1) is 0 Å². The first-order valence-corrected chi connectivity index (χ1v) is 5.88. The van der Waals surface area contributed by atoms with Gasteiger partial charge in [0.2, 0.25) is 0 Å². The lowest BCUT2D eigenvalue weighted by Crippen LogP contribution is -2.35. The molecule has 0 aliphatic carbocycles. The monoisotopic (exact) mass is 249 g/mol. The predicted molar refractivity (Wildman–Crippen MR) is 68.2 cm³/mol. The number of rotatable bonds is 0. The fraction of sp³-hybridized carbons (Fsp3) is 0.909. The van der Waals surface area contributed by atoms with Crippen LogP contribution in [0.5, 0.6) is 0 Å². The van der Waals surface area contributed by atoms with Gasteiger partial charge in [-0.1, -0.05) is 13.8 Å². The van der Waals surface area contributed by atoms with Crippen molar-refractivity contribution >= 4 is 6.09 Å². The molecule has 1 saturated heterocycles. The predicted octanol–water partition coefficient (Wildman–Crippen LogP) is 0.833. The van der Waals surface area contributed by atoms with Gasteiger partial charge in [0.1, 0.15) is 5.60 Å². The Morgan fingerprint density at radius 1 is 1.35 bits per heavy atom. The Balaban J connectivity index is 0. The summed E-state index contributed by atoms with van der Waals surface area (Å²) in [5, 5.41) is 9.20. The number of hydrogen-bond acceptors (Lipinski definition) is 5. The van der Waals surface area contributed by atoms with Crippen LogP contribution < -0.4 is 11.7 Å². The normalized spacial score (nSPS) is 18.6. The highest BCUT2D eigenvalue weighted by atomic mass is 16.6. The Bertz CT molecular complexity index is 205. The van der Waals surface area contributed by atoms with Crippen LogP contribution in [-0.4, -0.2) is 40.9 Å². The van der Waals surface area contributed by atoms with Gasteiger partial charge in [-0.05, 0) is 27.2 Å². The van der Waals surface area contributed by atoms with E-state index in [9.17, 15) is 9.90 Å². The number of carbonyl (C=O) groups is 1. The Hall–Kier alpha value is -0.850. The molecule has 1 rings (SSSR count). The van der Waals surface area contributed by atoms with Crippen molar-refractivity contribution in [1.29, 1.82) is 0 Å². The van der Waals surface area contributed by atoms with Gasteiger partial charge in [-0.3, -0.25) is 11.7 Å². The SMILES string of the molecule is CC.CC(C)(C)OC(=O)N1CCC(O)C1.NN. The summed E-state index contributed by atoms with van der Waals surface area (Å²) >= 11 is 0. The highest BCUT2D eigenvalue weighted by Crippen LogP contribution is 2.14. The van der Waals surface area contributed by atoms with Crippen molar-refractivity contribution in [2.45, 2.75) is 52.7 Å². The third kappa shape index (κ3) is 8.91. The molecule has 0 saturated carbocycles. The maximum absolute atomic E-state index is 11.4. The fourth-order valence-corrected chi connectivity index (χ4v) is 1.23. The summed E-state index contributed by atoms with van der Waals surface area (Å²) < 4.78 is 5.15. The Morgan fingerprint density at radius 2 is 1.82 bits per heavy atom. The first-order valence-electron chi connectivity index (χ1n) is 5.88. The molecule has 1 aliphatic heterocycles. The summed E-state index contributed by atoms with van der Waals surface area (Å²) in [5.41, 5.74) is -0.454. The number of amides is 1. The third-order valence-corrected chi connectivity index (χ3v) is 1.82. The molecule has 0 aromatic rings. The minimum Gasteiger partial charge on any atom is -0.444 e. The van der Waals surface area contributed by atoms with E-state index in [0.29, 0.717) is 19.5 Å². The second kappa shape index (κ2) is 9.21. The summed E-state index contributed by atoms with van der Waals surface area (Å²) in [5.74, 6) is 8.00. The second-order valence-corrected chi connectivity index (χ2v) is 4.37. The summed E-state index contributed by atoms with van der Waals surface area (Å²) in [4.78, 5) is 12.9. The van der Waals surface area contributed by atoms with E-state index in [-0.39, 0.29) is 12.2 Å². The Kier molecular flexibility index (Phi) is 10.0. The maximum atomic E-state index is 11.4. The smallest absolute Gasteiger partial charge is 0.410 e. The van der Waals surface area contributed by atoms with E-state index in [2.05, 4.69) is 11.7 Å². The molecule has 0 aromatic heterocycles. The van der Waals surface area contributed by atoms with Gasteiger partial charge < -0.3 is 14.7 Å². The number of nitrogens with zero attached hydrogens (tertiary/aromatic N) is 1. The van der Waals surface area contributed by atoms with Crippen molar-refractivity contribution in [3.63, 3.8) is 0 Å². The molecule has 0 radical (unpaired) electrons. The zero-order valence-corrected chi connectivity index (χ0v) is 11.6. The highest BCUT2D eigenvalue weighted by molar-refractivity contribution is 5.68. The summed E-state index contributed by atoms with van der Waals surface area (Å²) in [6.45, 7) is 10.5. The molecule has 1 atom stereocenters. The van der Waals surface area contributed by atoms with Gasteiger partial charge in [0.25, 0.3) is 0 Å². The lowest BCUT2D eigenvalue weighted by Gasteiger charge is -2.24. The summed E-state index contributed by atoms with van der Waals surface area (Å²) in [6.07, 6.45) is -0.0595. The molecular formula is C11H27N3O3. The molecule has 6 nitrogen and oxygen atoms in total. The Morgan fingerprint density at radius 3 is 2.12 bits per heavy atom. The van der Waals surface area contributed by atoms with Crippen molar-refractivity contribution in [2.24, 2.45) is 11.7 Å². The second-order valence-electron chi connectivity index (χ2n) is 4.37. The van der Waals surface area contributed by atoms with Gasteiger partial charge in [0, 0.05) is 13.1 Å². The lowest BCUT2D eigenvalue weighted by molar-refractivity contribution is 0.0270. The fourth-order valence-electron chi connectivity index (χ4n) is 1.23. The van der Waals surface area contributed by atoms with E-state index in [0.717, 1.165) is 0 Å². The van der Waals surface area contributed by atoms with Gasteiger partial charge in [0.15, 0.2) is 0 Å². The van der Waals surface area contributed by atoms with Crippen LogP contribution in [0.1, 0.15) is 41.0 Å². The molecule has 0 aromatic carbocycles. The van der Waals surface area contributed by atoms with Gasteiger partial charge in [-0.25, -0.2) is 4.79 Å². The highest BCUT2D eigenvalue weighted by Gasteiger charge is 2.28. The van der Waals surface area contributed by atoms with E-state index in [1.54, 1.807) is 0 Å². The van der Waals surface area contributed by atoms with Crippen LogP contribution in [0.15, 0.2) is 0 Å². The van der Waals surface area contributed by atoms with Crippen LogP contribution in [0.25, 0.3) is 0 Å². The van der Waals surface area contributed by atoms with E-state index >= 15 is 0 Å². The molecular weight excluding hydrogens is 222 g/mol. The number of hydrazine groups is 1. The van der Waals surface area contributed by atoms with Crippen molar-refractivity contribution < 1.29 is 14.6 Å². The number of nitrogens with two attached hydrogens (primary N) is 2. The average molecular weight is 249 g/mol. The van der Waals surface area contributed by atoms with E-state index in [1.165, 1.54) is 4.90 Å². The zero-order chi connectivity index (χ0) is 14.1. The quantitative estimate of drug-likeness (QED) is 0.436. The van der Waals surface area contributed by atoms with Crippen LogP contribution in [-0.2, 0) is 4.74 Å². The molecule has 1 aliphatic rings. The molecule has 0 spiro atoms. The molecule has 104 valence electrons. The van der Waals surface area contributed by atoms with Crippen molar-refractivity contribution in [3.05, 3.63) is 0 Å². The lowest BCUT2D eigenvalue weighted by atomic mass is 10.2. The number of likely N-dealkylation sites (tertiary alicyclic amines) is 1. The van der Waals surface area contributed by atoms with Crippen LogP contribution >= 0.6 is 0 Å². The molecule has 6 heteroatoms. The van der Waals surface area contributed by atoms with Crippen molar-refractivity contribution in [2.75, 3.05) is 13.1 Å². The topological polar surface area (TPSA) is 102 Å². The van der Waals surface area contributed by atoms with Crippen LogP contribution in [0.3, 0.4) is 0 Å². The molecule has 1 unspecified atom stereocenters. The summed E-state index contributed by atoms with van der Waals surface area (Å²) in [6, 6.07) is 0. The molecule has 1 fully saturated rings. The molecule has 1 amide bonds. The standard InChI is InChI=1S/C9H17NO3.C2H6.H4N2/c1-9(2,3)13-8(12)10-5-4-7(11)6-10;2*1-2/h7,11H,4-6H2,1-3H3;1-2H3;1-2H2. The first kappa shape index (κ1) is 18.5. The molecule has 17 heavy (non-hydrogen) atoms. The summed E-state index contributed by atoms with van der Waals surface area (Å²) in [7, 11) is 0. The first-order chi connectivity index (χ1) is 7.88. The number of β-amino-alcohol motifs (C(OH)–C–C–N with tert-alkyl or cyclic N) is 1. The minimum atomic E-state index is -0.454. The van der Waals surface area contributed by atoms with Crippen LogP contribution in [0.4, 0.5) is 4.79 Å². The number of aliphatic hydroxyl groups excluding tert-OH is 1. The largest absolute Gasteiger partial charge is 0.444 e. The maximum Gasteiger partial charge on any atom is 0.410 e. The molecule has 1 heterocycles. The van der Waals surface area contributed by atoms with Gasteiger partial charge in [-0.2, -0.15) is 0 Å². The Labute approximate surface area is 104 Å². The zero-order valence-electron chi connectivity index (χ0n) is 11.6. The number of hydrogen-bond donors (Lipinski definition) is 3. The van der Waals surface area contributed by atoms with Gasteiger partial charge in [-0.15, -0.1) is 0 Å². The van der Waals surface area contributed by atoms with Gasteiger partial charge >= 0.3 is 6.09 Å². The average Bonchev–Trinajstić information content (AvgIpc) is 2.69. The minimum absolute atomic E-state index is 0.330. The third-order valence-electron chi connectivity index (χ3n) is 1.82. The van der Waals surface area contributed by atoms with E-state index < -0.39 is 5.60 Å². The van der Waals surface area contributed by atoms with Crippen molar-refractivity contribution in [1.82, 2.24) is 4.90 Å². The van der Waals surface area contributed by atoms with E-state index in [1.807, 2.05) is 34.6 Å². The number of carbonyl (C=O) groups excluding carboxylic acids is 1. The van der Waals surface area contributed by atoms with Crippen LogP contribution in [0.2, 0.25) is 0 Å². The number of ether oxygens (including phenoxy) is 1. The van der Waals surface area contributed by atoms with Crippen molar-refractivity contribution in [3.8, 4) is 0 Å². The van der Waals surface area contributed by atoms with E-state index in [4.69, 9.17) is 4.74 Å². The van der Waals surface area contributed by atoms with Gasteiger partial charge in [0.05, 0.1) is 6.10 Å².